The molecule has 114 valence electrons. The molecule has 1 aliphatic heterocycles. The molecule has 3 unspecified atom stereocenters. The molecule has 1 saturated heterocycles. The van der Waals surface area contributed by atoms with Crippen LogP contribution in [0.5, 0.6) is 0 Å². The summed E-state index contributed by atoms with van der Waals surface area (Å²) in [6.07, 6.45) is 4.75. The van der Waals surface area contributed by atoms with E-state index in [2.05, 4.69) is 19.2 Å². The molecular weight excluding hydrogens is 256 g/mol. The largest absolute Gasteiger partial charge is 0.481 e. The van der Waals surface area contributed by atoms with Crippen LogP contribution in [0.15, 0.2) is 0 Å². The van der Waals surface area contributed by atoms with Crippen LogP contribution in [0.3, 0.4) is 0 Å². The van der Waals surface area contributed by atoms with Gasteiger partial charge in [0.1, 0.15) is 0 Å². The van der Waals surface area contributed by atoms with Crippen molar-refractivity contribution < 1.29 is 14.7 Å². The van der Waals surface area contributed by atoms with E-state index in [9.17, 15) is 9.59 Å². The number of hydrogen-bond donors (Lipinski definition) is 2. The van der Waals surface area contributed by atoms with Gasteiger partial charge >= 0.3 is 12.0 Å². The number of amides is 2. The number of carbonyl (C=O) groups excluding carboxylic acids is 1. The SMILES string of the molecule is CC(C)C1CCCN1C(=O)NCC1CCCC1C(=O)O. The molecular formula is C15H26N2O3. The van der Waals surface area contributed by atoms with Crippen molar-refractivity contribution in [2.45, 2.75) is 52.0 Å². The van der Waals surface area contributed by atoms with E-state index < -0.39 is 5.97 Å². The molecule has 0 radical (unpaired) electrons. The number of carboxylic acids is 1. The summed E-state index contributed by atoms with van der Waals surface area (Å²) < 4.78 is 0. The van der Waals surface area contributed by atoms with Gasteiger partial charge in [0, 0.05) is 19.1 Å². The molecule has 2 amide bonds. The zero-order valence-electron chi connectivity index (χ0n) is 12.5. The van der Waals surface area contributed by atoms with E-state index in [-0.39, 0.29) is 17.9 Å². The van der Waals surface area contributed by atoms with Crippen molar-refractivity contribution in [2.75, 3.05) is 13.1 Å². The van der Waals surface area contributed by atoms with Gasteiger partial charge in [-0.1, -0.05) is 20.3 Å². The molecule has 0 aromatic rings. The third-order valence-electron chi connectivity index (χ3n) is 4.82. The number of nitrogens with zero attached hydrogens (tertiary/aromatic N) is 1. The van der Waals surface area contributed by atoms with Gasteiger partial charge < -0.3 is 15.3 Å². The molecule has 20 heavy (non-hydrogen) atoms. The summed E-state index contributed by atoms with van der Waals surface area (Å²) in [6, 6.07) is 0.311. The topological polar surface area (TPSA) is 69.6 Å². The van der Waals surface area contributed by atoms with Crippen LogP contribution in [0.25, 0.3) is 0 Å². The number of urea groups is 1. The van der Waals surface area contributed by atoms with Crippen LogP contribution in [0.2, 0.25) is 0 Å². The normalized spacial score (nSPS) is 29.9. The van der Waals surface area contributed by atoms with Crippen molar-refractivity contribution in [3.05, 3.63) is 0 Å². The summed E-state index contributed by atoms with van der Waals surface area (Å²) >= 11 is 0. The standard InChI is InChI=1S/C15H26N2O3/c1-10(2)13-7-4-8-17(13)15(20)16-9-11-5-3-6-12(11)14(18)19/h10-13H,3-9H2,1-2H3,(H,16,20)(H,18,19). The van der Waals surface area contributed by atoms with Gasteiger partial charge in [-0.25, -0.2) is 4.79 Å². The van der Waals surface area contributed by atoms with Crippen LogP contribution in [0.1, 0.15) is 46.0 Å². The molecule has 3 atom stereocenters. The molecule has 1 saturated carbocycles. The molecule has 2 aliphatic rings. The van der Waals surface area contributed by atoms with Crippen molar-refractivity contribution in [1.82, 2.24) is 10.2 Å². The van der Waals surface area contributed by atoms with Crippen molar-refractivity contribution >= 4 is 12.0 Å². The lowest BCUT2D eigenvalue weighted by Crippen LogP contribution is -2.46. The summed E-state index contributed by atoms with van der Waals surface area (Å²) in [6.45, 7) is 5.61. The number of rotatable bonds is 4. The van der Waals surface area contributed by atoms with E-state index in [0.717, 1.165) is 38.6 Å². The van der Waals surface area contributed by atoms with Crippen molar-refractivity contribution in [2.24, 2.45) is 17.8 Å². The smallest absolute Gasteiger partial charge is 0.317 e. The fourth-order valence-corrected chi connectivity index (χ4v) is 3.66. The van der Waals surface area contributed by atoms with Crippen LogP contribution in [-0.4, -0.2) is 41.1 Å². The van der Waals surface area contributed by atoms with Gasteiger partial charge in [-0.15, -0.1) is 0 Å². The number of nitrogens with one attached hydrogen (secondary N) is 1. The van der Waals surface area contributed by atoms with Crippen LogP contribution in [0, 0.1) is 17.8 Å². The van der Waals surface area contributed by atoms with E-state index in [1.165, 1.54) is 0 Å². The summed E-state index contributed by atoms with van der Waals surface area (Å²) in [4.78, 5) is 25.3. The number of aliphatic carboxylic acids is 1. The van der Waals surface area contributed by atoms with Crippen molar-refractivity contribution in [3.8, 4) is 0 Å². The quantitative estimate of drug-likeness (QED) is 0.831. The highest BCUT2D eigenvalue weighted by Crippen LogP contribution is 2.31. The first kappa shape index (κ1) is 15.1. The highest BCUT2D eigenvalue weighted by atomic mass is 16.4. The first-order chi connectivity index (χ1) is 9.50. The summed E-state index contributed by atoms with van der Waals surface area (Å²) in [5.74, 6) is -0.434. The highest BCUT2D eigenvalue weighted by Gasteiger charge is 2.35. The lowest BCUT2D eigenvalue weighted by molar-refractivity contribution is -0.142. The molecule has 5 nitrogen and oxygen atoms in total. The average Bonchev–Trinajstić information content (AvgIpc) is 3.04. The van der Waals surface area contributed by atoms with Crippen LogP contribution < -0.4 is 5.32 Å². The van der Waals surface area contributed by atoms with Crippen LogP contribution in [0.4, 0.5) is 4.79 Å². The number of carbonyl (C=O) groups is 2. The van der Waals surface area contributed by atoms with Crippen LogP contribution in [-0.2, 0) is 4.79 Å². The maximum absolute atomic E-state index is 12.3. The third-order valence-corrected chi connectivity index (χ3v) is 4.82. The Morgan fingerprint density at radius 3 is 2.65 bits per heavy atom. The number of likely N-dealkylation sites (tertiary alicyclic amines) is 1. The summed E-state index contributed by atoms with van der Waals surface area (Å²) in [5.41, 5.74) is 0. The lowest BCUT2D eigenvalue weighted by Gasteiger charge is -2.28. The van der Waals surface area contributed by atoms with Gasteiger partial charge in [0.25, 0.3) is 0 Å². The fourth-order valence-electron chi connectivity index (χ4n) is 3.66. The lowest BCUT2D eigenvalue weighted by atomic mass is 9.96. The minimum absolute atomic E-state index is 0.0164. The number of carboxylic acid groups (broad SMARTS) is 1. The van der Waals surface area contributed by atoms with Crippen LogP contribution >= 0.6 is 0 Å². The predicted octanol–water partition coefficient (Wildman–Crippen LogP) is 2.32. The van der Waals surface area contributed by atoms with Gasteiger partial charge in [-0.2, -0.15) is 0 Å². The molecule has 2 rings (SSSR count). The minimum atomic E-state index is -0.719. The molecule has 2 fully saturated rings. The molecule has 0 bridgehead atoms. The van der Waals surface area contributed by atoms with E-state index in [1.807, 2.05) is 4.90 Å². The Bertz CT molecular complexity index is 370. The van der Waals surface area contributed by atoms with Gasteiger partial charge in [0.15, 0.2) is 0 Å². The predicted molar refractivity (Wildman–Crippen MR) is 76.4 cm³/mol. The zero-order valence-corrected chi connectivity index (χ0v) is 12.5. The first-order valence-electron chi connectivity index (χ1n) is 7.78. The van der Waals surface area contributed by atoms with E-state index in [1.54, 1.807) is 0 Å². The van der Waals surface area contributed by atoms with E-state index in [4.69, 9.17) is 5.11 Å². The van der Waals surface area contributed by atoms with Gasteiger partial charge in [0.2, 0.25) is 0 Å². The molecule has 0 aromatic heterocycles. The zero-order chi connectivity index (χ0) is 14.7. The van der Waals surface area contributed by atoms with Crippen molar-refractivity contribution in [3.63, 3.8) is 0 Å². The molecule has 5 heteroatoms. The second kappa shape index (κ2) is 6.46. The summed E-state index contributed by atoms with van der Waals surface area (Å²) in [7, 11) is 0. The second-order valence-electron chi connectivity index (χ2n) is 6.47. The van der Waals surface area contributed by atoms with Crippen molar-refractivity contribution in [1.29, 1.82) is 0 Å². The Morgan fingerprint density at radius 1 is 1.25 bits per heavy atom. The Kier molecular flexibility index (Phi) is 4.89. The highest BCUT2D eigenvalue weighted by molar-refractivity contribution is 5.75. The van der Waals surface area contributed by atoms with Gasteiger partial charge in [-0.05, 0) is 37.5 Å². The third kappa shape index (κ3) is 3.25. The fraction of sp³-hybridized carbons (Fsp3) is 0.867. The Labute approximate surface area is 120 Å². The number of hydrogen-bond acceptors (Lipinski definition) is 2. The second-order valence-corrected chi connectivity index (χ2v) is 6.47. The molecule has 0 spiro atoms. The molecule has 2 N–H and O–H groups in total. The van der Waals surface area contributed by atoms with Gasteiger partial charge in [-0.3, -0.25) is 4.79 Å². The maximum atomic E-state index is 12.3. The Morgan fingerprint density at radius 2 is 2.00 bits per heavy atom. The molecule has 1 aliphatic carbocycles. The average molecular weight is 282 g/mol. The molecule has 1 heterocycles. The van der Waals surface area contributed by atoms with E-state index >= 15 is 0 Å². The Hall–Kier alpha value is -1.26. The maximum Gasteiger partial charge on any atom is 0.317 e. The van der Waals surface area contributed by atoms with E-state index in [0.29, 0.717) is 18.5 Å². The monoisotopic (exact) mass is 282 g/mol. The van der Waals surface area contributed by atoms with Gasteiger partial charge in [0.05, 0.1) is 5.92 Å². The minimum Gasteiger partial charge on any atom is -0.481 e. The first-order valence-corrected chi connectivity index (χ1v) is 7.78. The summed E-state index contributed by atoms with van der Waals surface area (Å²) in [5, 5.41) is 12.1. The molecule has 0 aromatic carbocycles. The Balaban J connectivity index is 1.84.